The Hall–Kier alpha value is -0.0400. The molecule has 0 aromatic carbocycles. The zero-order valence-corrected chi connectivity index (χ0v) is 5.68. The molecular formula is C7H14O. The molecule has 0 saturated carbocycles. The van der Waals surface area contributed by atoms with Crippen molar-refractivity contribution in [3.8, 4) is 0 Å². The predicted octanol–water partition coefficient (Wildman–Crippen LogP) is 1.76. The number of hydrogen-bond donors (Lipinski definition) is 0. The second kappa shape index (κ2) is 5.10. The molecule has 8 heavy (non-hydrogen) atoms. The van der Waals surface area contributed by atoms with E-state index >= 15 is 0 Å². The van der Waals surface area contributed by atoms with E-state index in [4.69, 9.17) is 11.7 Å². The van der Waals surface area contributed by atoms with E-state index < -0.39 is 0 Å². The predicted molar refractivity (Wildman–Crippen MR) is 34.6 cm³/mol. The first-order valence-electron chi connectivity index (χ1n) is 3.05. The lowest BCUT2D eigenvalue weighted by molar-refractivity contribution is 0.148. The van der Waals surface area contributed by atoms with E-state index in [9.17, 15) is 0 Å². The molecule has 0 amide bonds. The SMILES string of the molecule is [CH]COCCC(C)C. The molecule has 0 atom stereocenters. The Morgan fingerprint density at radius 2 is 2.12 bits per heavy atom. The highest BCUT2D eigenvalue weighted by atomic mass is 16.5. The summed E-state index contributed by atoms with van der Waals surface area (Å²) in [7, 11) is 0. The molecule has 0 aliphatic carbocycles. The minimum atomic E-state index is 0.354. The Morgan fingerprint density at radius 3 is 2.50 bits per heavy atom. The second-order valence-electron chi connectivity index (χ2n) is 2.26. The molecule has 0 bridgehead atoms. The maximum Gasteiger partial charge on any atom is 0.0501 e. The molecule has 2 radical (unpaired) electrons. The maximum absolute atomic E-state index is 5.09. The van der Waals surface area contributed by atoms with Gasteiger partial charge in [0.25, 0.3) is 0 Å². The van der Waals surface area contributed by atoms with Gasteiger partial charge in [0.2, 0.25) is 0 Å². The summed E-state index contributed by atoms with van der Waals surface area (Å²) in [5.74, 6) is 0.724. The molecule has 1 nitrogen and oxygen atoms in total. The van der Waals surface area contributed by atoms with Crippen LogP contribution in [0.3, 0.4) is 0 Å². The van der Waals surface area contributed by atoms with E-state index in [1.807, 2.05) is 0 Å². The largest absolute Gasteiger partial charge is 0.381 e. The van der Waals surface area contributed by atoms with Gasteiger partial charge >= 0.3 is 0 Å². The van der Waals surface area contributed by atoms with E-state index in [1.165, 1.54) is 0 Å². The summed E-state index contributed by atoms with van der Waals surface area (Å²) in [6.07, 6.45) is 1.11. The van der Waals surface area contributed by atoms with E-state index in [-0.39, 0.29) is 0 Å². The number of ether oxygens (including phenoxy) is 1. The van der Waals surface area contributed by atoms with E-state index in [2.05, 4.69) is 13.8 Å². The number of hydrogen-bond acceptors (Lipinski definition) is 1. The van der Waals surface area contributed by atoms with Gasteiger partial charge in [0.05, 0.1) is 6.61 Å². The molecule has 0 aromatic heterocycles. The Balaban J connectivity index is 2.72. The van der Waals surface area contributed by atoms with Crippen molar-refractivity contribution in [1.29, 1.82) is 0 Å². The van der Waals surface area contributed by atoms with Crippen LogP contribution >= 0.6 is 0 Å². The van der Waals surface area contributed by atoms with Gasteiger partial charge in [0.1, 0.15) is 0 Å². The van der Waals surface area contributed by atoms with Crippen molar-refractivity contribution in [2.45, 2.75) is 20.3 Å². The minimum Gasteiger partial charge on any atom is -0.381 e. The third-order valence-corrected chi connectivity index (χ3v) is 0.957. The average Bonchev–Trinajstić information content (AvgIpc) is 1.66. The summed E-state index contributed by atoms with van der Waals surface area (Å²) in [6, 6.07) is 0. The first-order valence-corrected chi connectivity index (χ1v) is 3.05. The third-order valence-electron chi connectivity index (χ3n) is 0.957. The van der Waals surface area contributed by atoms with Crippen molar-refractivity contribution in [2.24, 2.45) is 5.92 Å². The van der Waals surface area contributed by atoms with Gasteiger partial charge in [-0.3, -0.25) is 0 Å². The van der Waals surface area contributed by atoms with Crippen molar-refractivity contribution in [1.82, 2.24) is 0 Å². The van der Waals surface area contributed by atoms with Crippen LogP contribution in [0.1, 0.15) is 20.3 Å². The minimum absolute atomic E-state index is 0.354. The Morgan fingerprint density at radius 1 is 1.50 bits per heavy atom. The van der Waals surface area contributed by atoms with Crippen LogP contribution in [0, 0.1) is 12.8 Å². The first-order chi connectivity index (χ1) is 3.77. The van der Waals surface area contributed by atoms with Gasteiger partial charge in [-0.15, -0.1) is 0 Å². The summed E-state index contributed by atoms with van der Waals surface area (Å²) in [5.41, 5.74) is 0. The molecule has 0 aliphatic rings. The Labute approximate surface area is 52.0 Å². The molecule has 0 heterocycles. The lowest BCUT2D eigenvalue weighted by Gasteiger charge is -2.02. The van der Waals surface area contributed by atoms with Crippen LogP contribution in [0.25, 0.3) is 0 Å². The van der Waals surface area contributed by atoms with Gasteiger partial charge in [-0.05, 0) is 19.3 Å². The molecule has 1 heteroatoms. The molecule has 0 rings (SSSR count). The van der Waals surface area contributed by atoms with Gasteiger partial charge in [-0.25, -0.2) is 0 Å². The summed E-state index contributed by atoms with van der Waals surface area (Å²) >= 11 is 0. The topological polar surface area (TPSA) is 9.23 Å². The van der Waals surface area contributed by atoms with Crippen LogP contribution in [0.4, 0.5) is 0 Å². The highest BCUT2D eigenvalue weighted by Gasteiger charge is 1.90. The molecule has 48 valence electrons. The van der Waals surface area contributed by atoms with Crippen molar-refractivity contribution in [3.63, 3.8) is 0 Å². The summed E-state index contributed by atoms with van der Waals surface area (Å²) in [4.78, 5) is 0. The maximum atomic E-state index is 5.09. The van der Waals surface area contributed by atoms with Crippen molar-refractivity contribution in [3.05, 3.63) is 6.92 Å². The standard InChI is InChI=1S/C7H14O/c1-4-8-6-5-7(2)3/h1,7H,4-6H2,2-3H3. The van der Waals surface area contributed by atoms with Crippen LogP contribution < -0.4 is 0 Å². The van der Waals surface area contributed by atoms with Crippen LogP contribution in [0.2, 0.25) is 0 Å². The average molecular weight is 114 g/mol. The molecular weight excluding hydrogens is 100 g/mol. The zero-order chi connectivity index (χ0) is 6.41. The van der Waals surface area contributed by atoms with E-state index in [1.54, 1.807) is 0 Å². The van der Waals surface area contributed by atoms with Crippen molar-refractivity contribution >= 4 is 0 Å². The summed E-state index contributed by atoms with van der Waals surface area (Å²) < 4.78 is 4.92. The first kappa shape index (κ1) is 7.96. The summed E-state index contributed by atoms with van der Waals surface area (Å²) in [5, 5.41) is 0. The lowest BCUT2D eigenvalue weighted by Crippen LogP contribution is -1.97. The monoisotopic (exact) mass is 114 g/mol. The highest BCUT2D eigenvalue weighted by molar-refractivity contribution is 4.42. The quantitative estimate of drug-likeness (QED) is 0.506. The molecule has 0 aliphatic heterocycles. The fourth-order valence-electron chi connectivity index (χ4n) is 0.402. The Bertz CT molecular complexity index is 41.7. The molecule has 0 N–H and O–H groups in total. The van der Waals surface area contributed by atoms with Gasteiger partial charge in [-0.2, -0.15) is 0 Å². The van der Waals surface area contributed by atoms with Crippen LogP contribution in [0.15, 0.2) is 0 Å². The smallest absolute Gasteiger partial charge is 0.0501 e. The zero-order valence-electron chi connectivity index (χ0n) is 5.68. The fraction of sp³-hybridized carbons (Fsp3) is 0.857. The Kier molecular flexibility index (Phi) is 5.08. The van der Waals surface area contributed by atoms with E-state index in [0.29, 0.717) is 6.61 Å². The molecule has 0 spiro atoms. The van der Waals surface area contributed by atoms with Crippen LogP contribution in [-0.2, 0) is 4.74 Å². The van der Waals surface area contributed by atoms with Gasteiger partial charge in [0, 0.05) is 6.61 Å². The van der Waals surface area contributed by atoms with Gasteiger partial charge in [0.15, 0.2) is 0 Å². The van der Waals surface area contributed by atoms with Crippen molar-refractivity contribution < 1.29 is 4.74 Å². The normalized spacial score (nSPS) is 10.5. The summed E-state index contributed by atoms with van der Waals surface area (Å²) in [6.45, 7) is 10.6. The van der Waals surface area contributed by atoms with Gasteiger partial charge < -0.3 is 4.74 Å². The third kappa shape index (κ3) is 5.96. The highest BCUT2D eigenvalue weighted by Crippen LogP contribution is 1.97. The van der Waals surface area contributed by atoms with E-state index in [0.717, 1.165) is 18.9 Å². The molecule has 0 aromatic rings. The molecule has 0 fully saturated rings. The molecule has 0 saturated heterocycles. The van der Waals surface area contributed by atoms with Crippen LogP contribution in [-0.4, -0.2) is 13.2 Å². The molecule has 0 unspecified atom stereocenters. The number of rotatable bonds is 4. The lowest BCUT2D eigenvalue weighted by atomic mass is 10.1. The van der Waals surface area contributed by atoms with Crippen molar-refractivity contribution in [2.75, 3.05) is 13.2 Å². The second-order valence-corrected chi connectivity index (χ2v) is 2.26. The fourth-order valence-corrected chi connectivity index (χ4v) is 0.402. The van der Waals surface area contributed by atoms with Crippen LogP contribution in [0.5, 0.6) is 0 Å². The van der Waals surface area contributed by atoms with Gasteiger partial charge in [-0.1, -0.05) is 13.8 Å².